The first kappa shape index (κ1) is 14.2. The summed E-state index contributed by atoms with van der Waals surface area (Å²) in [6, 6.07) is 5.87. The molecular weight excluding hydrogens is 274 g/mol. The molecule has 1 aromatic heterocycles. The molecule has 0 aliphatic heterocycles. The minimum atomic E-state index is -0.591. The summed E-state index contributed by atoms with van der Waals surface area (Å²) in [5, 5.41) is 22.5. The van der Waals surface area contributed by atoms with Crippen LogP contribution < -0.4 is 10.1 Å². The van der Waals surface area contributed by atoms with Crippen LogP contribution in [0, 0.1) is 21.4 Å². The number of nitro groups is 1. The van der Waals surface area contributed by atoms with E-state index in [1.165, 1.54) is 30.6 Å². The Morgan fingerprint density at radius 2 is 2.24 bits per heavy atom. The Kier molecular flexibility index (Phi) is 4.26. The number of rotatable bonds is 5. The van der Waals surface area contributed by atoms with Gasteiger partial charge in [-0.05, 0) is 12.1 Å². The van der Waals surface area contributed by atoms with E-state index in [0.717, 1.165) is 0 Å². The fourth-order valence-corrected chi connectivity index (χ4v) is 1.56. The quantitative estimate of drug-likeness (QED) is 0.658. The molecule has 0 radical (unpaired) electrons. The first-order valence-corrected chi connectivity index (χ1v) is 5.94. The van der Waals surface area contributed by atoms with E-state index in [1.54, 1.807) is 7.05 Å². The number of nitro benzene ring substituents is 1. The average Bonchev–Trinajstić information content (AvgIpc) is 2.53. The highest BCUT2D eigenvalue weighted by molar-refractivity contribution is 5.51. The number of nitrogens with zero attached hydrogens (tertiary/aromatic N) is 4. The summed E-state index contributed by atoms with van der Waals surface area (Å²) in [6.45, 7) is 0.0454. The molecule has 1 N–H and O–H groups in total. The summed E-state index contributed by atoms with van der Waals surface area (Å²) in [7, 11) is 1.72. The zero-order valence-corrected chi connectivity index (χ0v) is 11.1. The van der Waals surface area contributed by atoms with Gasteiger partial charge in [-0.1, -0.05) is 0 Å². The standard InChI is InChI=1S/C13H11N5O3/c1-15-13-7-16-10(6-17-13)8-21-12-3-2-9(5-14)4-11(12)18(19)20/h2-4,6-7H,8H2,1H3,(H,15,17). The predicted molar refractivity (Wildman–Crippen MR) is 73.7 cm³/mol. The second-order valence-electron chi connectivity index (χ2n) is 3.98. The highest BCUT2D eigenvalue weighted by atomic mass is 16.6. The van der Waals surface area contributed by atoms with Crippen molar-refractivity contribution in [2.75, 3.05) is 12.4 Å². The van der Waals surface area contributed by atoms with Crippen LogP contribution in [0.1, 0.15) is 11.3 Å². The summed E-state index contributed by atoms with van der Waals surface area (Å²) < 4.78 is 5.38. The third-order valence-corrected chi connectivity index (χ3v) is 2.62. The molecule has 0 bridgehead atoms. The van der Waals surface area contributed by atoms with Crippen molar-refractivity contribution in [1.29, 1.82) is 5.26 Å². The molecule has 8 nitrogen and oxygen atoms in total. The third kappa shape index (κ3) is 3.42. The molecule has 0 saturated heterocycles. The Morgan fingerprint density at radius 3 is 2.81 bits per heavy atom. The Balaban J connectivity index is 2.15. The van der Waals surface area contributed by atoms with E-state index in [1.807, 2.05) is 6.07 Å². The Bertz CT molecular complexity index is 694. The van der Waals surface area contributed by atoms with Gasteiger partial charge >= 0.3 is 5.69 Å². The molecule has 0 spiro atoms. The summed E-state index contributed by atoms with van der Waals surface area (Å²) in [4.78, 5) is 18.5. The van der Waals surface area contributed by atoms with E-state index >= 15 is 0 Å². The van der Waals surface area contributed by atoms with E-state index in [-0.39, 0.29) is 23.6 Å². The van der Waals surface area contributed by atoms with Crippen LogP contribution in [0.4, 0.5) is 11.5 Å². The second-order valence-corrected chi connectivity index (χ2v) is 3.98. The Morgan fingerprint density at radius 1 is 1.43 bits per heavy atom. The summed E-state index contributed by atoms with van der Waals surface area (Å²) in [5.41, 5.74) is 0.480. The van der Waals surface area contributed by atoms with Crippen LogP contribution in [0.3, 0.4) is 0 Å². The van der Waals surface area contributed by atoms with Crippen molar-refractivity contribution in [3.8, 4) is 11.8 Å². The van der Waals surface area contributed by atoms with Gasteiger partial charge in [-0.15, -0.1) is 0 Å². The van der Waals surface area contributed by atoms with Gasteiger partial charge in [0.1, 0.15) is 12.4 Å². The van der Waals surface area contributed by atoms with Gasteiger partial charge in [0.05, 0.1) is 34.6 Å². The average molecular weight is 285 g/mol. The van der Waals surface area contributed by atoms with E-state index in [9.17, 15) is 10.1 Å². The van der Waals surface area contributed by atoms with Gasteiger partial charge in [0.15, 0.2) is 5.75 Å². The first-order chi connectivity index (χ1) is 10.1. The monoisotopic (exact) mass is 285 g/mol. The minimum absolute atomic E-state index is 0.0454. The van der Waals surface area contributed by atoms with Crippen molar-refractivity contribution in [2.45, 2.75) is 6.61 Å². The van der Waals surface area contributed by atoms with E-state index < -0.39 is 4.92 Å². The van der Waals surface area contributed by atoms with E-state index in [2.05, 4.69) is 15.3 Å². The number of anilines is 1. The molecule has 106 valence electrons. The van der Waals surface area contributed by atoms with Crippen molar-refractivity contribution in [3.63, 3.8) is 0 Å². The predicted octanol–water partition coefficient (Wildman–Crippen LogP) is 1.88. The zero-order valence-electron chi connectivity index (χ0n) is 11.1. The van der Waals surface area contributed by atoms with Crippen molar-refractivity contribution in [1.82, 2.24) is 9.97 Å². The van der Waals surface area contributed by atoms with Gasteiger partial charge < -0.3 is 10.1 Å². The lowest BCUT2D eigenvalue weighted by molar-refractivity contribution is -0.386. The smallest absolute Gasteiger partial charge is 0.312 e. The topological polar surface area (TPSA) is 114 Å². The van der Waals surface area contributed by atoms with Crippen LogP contribution in [0.2, 0.25) is 0 Å². The fraction of sp³-hybridized carbons (Fsp3) is 0.154. The molecule has 1 heterocycles. The third-order valence-electron chi connectivity index (χ3n) is 2.62. The van der Waals surface area contributed by atoms with Gasteiger partial charge in [-0.25, -0.2) is 4.98 Å². The molecule has 0 unspecified atom stereocenters. The maximum Gasteiger partial charge on any atom is 0.312 e. The summed E-state index contributed by atoms with van der Waals surface area (Å²) in [6.07, 6.45) is 3.05. The molecule has 0 aliphatic carbocycles. The minimum Gasteiger partial charge on any atom is -0.480 e. The van der Waals surface area contributed by atoms with Crippen LogP contribution in [0.25, 0.3) is 0 Å². The molecule has 0 amide bonds. The van der Waals surface area contributed by atoms with Crippen molar-refractivity contribution < 1.29 is 9.66 Å². The van der Waals surface area contributed by atoms with E-state index in [4.69, 9.17) is 10.00 Å². The number of aromatic nitrogens is 2. The molecule has 21 heavy (non-hydrogen) atoms. The van der Waals surface area contributed by atoms with Gasteiger partial charge in [0, 0.05) is 13.1 Å². The maximum absolute atomic E-state index is 11.0. The van der Waals surface area contributed by atoms with Crippen molar-refractivity contribution in [3.05, 3.63) is 52.0 Å². The molecule has 2 aromatic rings. The molecule has 1 aromatic carbocycles. The molecule has 0 saturated carbocycles. The van der Waals surface area contributed by atoms with E-state index in [0.29, 0.717) is 11.5 Å². The number of nitrogens with one attached hydrogen (secondary N) is 1. The highest BCUT2D eigenvalue weighted by Crippen LogP contribution is 2.28. The largest absolute Gasteiger partial charge is 0.480 e. The van der Waals surface area contributed by atoms with Gasteiger partial charge in [-0.3, -0.25) is 15.1 Å². The highest BCUT2D eigenvalue weighted by Gasteiger charge is 2.16. The van der Waals surface area contributed by atoms with Gasteiger partial charge in [-0.2, -0.15) is 5.26 Å². The number of hydrogen-bond donors (Lipinski definition) is 1. The number of ether oxygens (including phenoxy) is 1. The summed E-state index contributed by atoms with van der Waals surface area (Å²) >= 11 is 0. The zero-order chi connectivity index (χ0) is 15.2. The van der Waals surface area contributed by atoms with Crippen LogP contribution in [0.5, 0.6) is 5.75 Å². The Hall–Kier alpha value is -3.21. The fourth-order valence-electron chi connectivity index (χ4n) is 1.56. The normalized spacial score (nSPS) is 9.71. The Labute approximate surface area is 120 Å². The SMILES string of the molecule is CNc1cnc(COc2ccc(C#N)cc2[N+](=O)[O-])cn1. The molecule has 0 aliphatic rings. The molecule has 0 atom stereocenters. The lowest BCUT2D eigenvalue weighted by Crippen LogP contribution is -2.03. The first-order valence-electron chi connectivity index (χ1n) is 5.94. The van der Waals surface area contributed by atoms with Crippen molar-refractivity contribution >= 4 is 11.5 Å². The molecule has 2 rings (SSSR count). The molecule has 0 fully saturated rings. The number of nitriles is 1. The van der Waals surface area contributed by atoms with Gasteiger partial charge in [0.25, 0.3) is 0 Å². The van der Waals surface area contributed by atoms with Crippen molar-refractivity contribution in [2.24, 2.45) is 0 Å². The number of benzene rings is 1. The lowest BCUT2D eigenvalue weighted by atomic mass is 10.2. The summed E-state index contributed by atoms with van der Waals surface area (Å²) in [5.74, 6) is 0.696. The number of hydrogen-bond acceptors (Lipinski definition) is 7. The van der Waals surface area contributed by atoms with Crippen LogP contribution >= 0.6 is 0 Å². The van der Waals surface area contributed by atoms with Crippen LogP contribution in [-0.2, 0) is 6.61 Å². The van der Waals surface area contributed by atoms with Crippen LogP contribution in [0.15, 0.2) is 30.6 Å². The second kappa shape index (κ2) is 6.29. The van der Waals surface area contributed by atoms with Gasteiger partial charge in [0.2, 0.25) is 0 Å². The molecule has 8 heteroatoms. The molecular formula is C13H11N5O3. The van der Waals surface area contributed by atoms with Crippen LogP contribution in [-0.4, -0.2) is 21.9 Å². The lowest BCUT2D eigenvalue weighted by Gasteiger charge is -2.06. The maximum atomic E-state index is 11.0.